The zero-order valence-electron chi connectivity index (χ0n) is 8.39. The highest BCUT2D eigenvalue weighted by atomic mass is 35.5. The van der Waals surface area contributed by atoms with E-state index in [0.29, 0.717) is 13.0 Å². The Labute approximate surface area is 95.0 Å². The highest BCUT2D eigenvalue weighted by Crippen LogP contribution is 2.21. The molecular formula is C11H14Cl2O. The summed E-state index contributed by atoms with van der Waals surface area (Å²) in [6.45, 7) is 4.56. The number of rotatable bonds is 4. The van der Waals surface area contributed by atoms with E-state index < -0.39 is 0 Å². The summed E-state index contributed by atoms with van der Waals surface area (Å²) in [5, 5.41) is 0.780. The summed E-state index contributed by atoms with van der Waals surface area (Å²) in [6, 6.07) is 5.83. The van der Waals surface area contributed by atoms with Crippen molar-refractivity contribution in [1.29, 1.82) is 0 Å². The molecule has 78 valence electrons. The molecule has 0 aliphatic heterocycles. The third-order valence-electron chi connectivity index (χ3n) is 2.11. The van der Waals surface area contributed by atoms with Gasteiger partial charge in [0.15, 0.2) is 0 Å². The standard InChI is InChI=1S/C11H14Cl2O/c1-3-14-11(13)7-9-5-4-6-10(12)8(9)2/h4-6,11H,3,7H2,1-2H3. The van der Waals surface area contributed by atoms with E-state index in [1.54, 1.807) is 0 Å². The molecule has 0 heterocycles. The fourth-order valence-corrected chi connectivity index (χ4v) is 1.77. The molecule has 0 aliphatic carbocycles. The summed E-state index contributed by atoms with van der Waals surface area (Å²) in [7, 11) is 0. The van der Waals surface area contributed by atoms with Gasteiger partial charge in [-0.05, 0) is 31.0 Å². The molecule has 14 heavy (non-hydrogen) atoms. The predicted molar refractivity (Wildman–Crippen MR) is 61.2 cm³/mol. The van der Waals surface area contributed by atoms with Crippen LogP contribution in [0.2, 0.25) is 5.02 Å². The molecule has 0 amide bonds. The summed E-state index contributed by atoms with van der Waals surface area (Å²) in [4.78, 5) is 0. The Morgan fingerprint density at radius 2 is 2.14 bits per heavy atom. The second-order valence-electron chi connectivity index (χ2n) is 3.09. The summed E-state index contributed by atoms with van der Waals surface area (Å²) >= 11 is 12.0. The van der Waals surface area contributed by atoms with E-state index in [-0.39, 0.29) is 5.56 Å². The van der Waals surface area contributed by atoms with Crippen LogP contribution in [0.15, 0.2) is 18.2 Å². The van der Waals surface area contributed by atoms with Crippen molar-refractivity contribution in [3.05, 3.63) is 34.3 Å². The van der Waals surface area contributed by atoms with Crippen molar-refractivity contribution in [2.75, 3.05) is 6.61 Å². The molecule has 3 heteroatoms. The minimum absolute atomic E-state index is 0.267. The first-order chi connectivity index (χ1) is 6.65. The number of alkyl halides is 1. The summed E-state index contributed by atoms with van der Waals surface area (Å²) in [5.41, 5.74) is 1.96. The number of benzene rings is 1. The van der Waals surface area contributed by atoms with Gasteiger partial charge in [-0.3, -0.25) is 0 Å². The van der Waals surface area contributed by atoms with Crippen molar-refractivity contribution >= 4 is 23.2 Å². The first kappa shape index (κ1) is 11.8. The molecule has 0 fully saturated rings. The maximum atomic E-state index is 5.99. The molecule has 0 radical (unpaired) electrons. The van der Waals surface area contributed by atoms with Crippen LogP contribution in [0.5, 0.6) is 0 Å². The third kappa shape index (κ3) is 3.16. The summed E-state index contributed by atoms with van der Waals surface area (Å²) in [6.07, 6.45) is 0.696. The molecule has 0 bridgehead atoms. The molecule has 0 spiro atoms. The third-order valence-corrected chi connectivity index (χ3v) is 2.80. The number of hydrogen-bond acceptors (Lipinski definition) is 1. The largest absolute Gasteiger partial charge is 0.362 e. The lowest BCUT2D eigenvalue weighted by Gasteiger charge is -2.12. The Morgan fingerprint density at radius 1 is 1.43 bits per heavy atom. The summed E-state index contributed by atoms with van der Waals surface area (Å²) in [5.74, 6) is 0. The van der Waals surface area contributed by atoms with E-state index in [1.165, 1.54) is 0 Å². The molecular weight excluding hydrogens is 219 g/mol. The fraction of sp³-hybridized carbons (Fsp3) is 0.455. The molecule has 1 atom stereocenters. The van der Waals surface area contributed by atoms with E-state index in [9.17, 15) is 0 Å². The van der Waals surface area contributed by atoms with E-state index in [4.69, 9.17) is 27.9 Å². The van der Waals surface area contributed by atoms with Gasteiger partial charge < -0.3 is 4.74 Å². The lowest BCUT2D eigenvalue weighted by molar-refractivity contribution is 0.120. The highest BCUT2D eigenvalue weighted by Gasteiger charge is 2.08. The van der Waals surface area contributed by atoms with Crippen LogP contribution in [-0.2, 0) is 11.2 Å². The predicted octanol–water partition coefficient (Wildman–Crippen LogP) is 3.79. The zero-order chi connectivity index (χ0) is 10.6. The lowest BCUT2D eigenvalue weighted by Crippen LogP contribution is -2.09. The van der Waals surface area contributed by atoms with Gasteiger partial charge in [-0.15, -0.1) is 0 Å². The van der Waals surface area contributed by atoms with Crippen LogP contribution in [-0.4, -0.2) is 12.2 Å². The van der Waals surface area contributed by atoms with Crippen molar-refractivity contribution < 1.29 is 4.74 Å². The maximum Gasteiger partial charge on any atom is 0.135 e. The Hall–Kier alpha value is -0.240. The van der Waals surface area contributed by atoms with Crippen LogP contribution in [0.1, 0.15) is 18.1 Å². The fourth-order valence-electron chi connectivity index (χ4n) is 1.29. The van der Waals surface area contributed by atoms with Crippen LogP contribution in [0.3, 0.4) is 0 Å². The average Bonchev–Trinajstić information content (AvgIpc) is 2.13. The monoisotopic (exact) mass is 232 g/mol. The van der Waals surface area contributed by atoms with Crippen LogP contribution in [0, 0.1) is 6.92 Å². The molecule has 1 aromatic rings. The van der Waals surface area contributed by atoms with Gasteiger partial charge in [0.05, 0.1) is 0 Å². The molecule has 0 aliphatic rings. The van der Waals surface area contributed by atoms with Crippen LogP contribution in [0.25, 0.3) is 0 Å². The first-order valence-corrected chi connectivity index (χ1v) is 5.46. The molecule has 0 aromatic heterocycles. The van der Waals surface area contributed by atoms with Gasteiger partial charge >= 0.3 is 0 Å². The van der Waals surface area contributed by atoms with Gasteiger partial charge in [0, 0.05) is 18.1 Å². The zero-order valence-corrected chi connectivity index (χ0v) is 9.90. The molecule has 0 saturated carbocycles. The number of halogens is 2. The molecule has 1 nitrogen and oxygen atoms in total. The van der Waals surface area contributed by atoms with Crippen LogP contribution < -0.4 is 0 Å². The lowest BCUT2D eigenvalue weighted by atomic mass is 10.1. The molecule has 1 unspecified atom stereocenters. The Bertz CT molecular complexity index is 299. The summed E-state index contributed by atoms with van der Waals surface area (Å²) < 4.78 is 5.26. The van der Waals surface area contributed by atoms with E-state index in [1.807, 2.05) is 32.0 Å². The normalized spacial score (nSPS) is 12.9. The van der Waals surface area contributed by atoms with Gasteiger partial charge in [-0.2, -0.15) is 0 Å². The Kier molecular flexibility index (Phi) is 4.73. The molecule has 0 saturated heterocycles. The van der Waals surface area contributed by atoms with Gasteiger partial charge in [0.1, 0.15) is 5.56 Å². The van der Waals surface area contributed by atoms with Gasteiger partial charge in [-0.25, -0.2) is 0 Å². The van der Waals surface area contributed by atoms with E-state index in [2.05, 4.69) is 0 Å². The molecule has 0 N–H and O–H groups in total. The SMILES string of the molecule is CCOC(Cl)Cc1cccc(Cl)c1C. The molecule has 1 rings (SSSR count). The number of hydrogen-bond donors (Lipinski definition) is 0. The van der Waals surface area contributed by atoms with Crippen molar-refractivity contribution in [2.45, 2.75) is 25.8 Å². The smallest absolute Gasteiger partial charge is 0.135 e. The second kappa shape index (κ2) is 5.59. The average molecular weight is 233 g/mol. The van der Waals surface area contributed by atoms with Crippen molar-refractivity contribution in [3.63, 3.8) is 0 Å². The Balaban J connectivity index is 2.71. The van der Waals surface area contributed by atoms with Crippen molar-refractivity contribution in [1.82, 2.24) is 0 Å². The maximum absolute atomic E-state index is 5.99. The highest BCUT2D eigenvalue weighted by molar-refractivity contribution is 6.31. The molecule has 1 aromatic carbocycles. The van der Waals surface area contributed by atoms with Crippen LogP contribution >= 0.6 is 23.2 Å². The van der Waals surface area contributed by atoms with E-state index in [0.717, 1.165) is 16.1 Å². The Morgan fingerprint density at radius 3 is 2.79 bits per heavy atom. The van der Waals surface area contributed by atoms with E-state index >= 15 is 0 Å². The minimum Gasteiger partial charge on any atom is -0.362 e. The minimum atomic E-state index is -0.267. The number of ether oxygens (including phenoxy) is 1. The van der Waals surface area contributed by atoms with Crippen molar-refractivity contribution in [2.24, 2.45) is 0 Å². The van der Waals surface area contributed by atoms with Gasteiger partial charge in [0.25, 0.3) is 0 Å². The topological polar surface area (TPSA) is 9.23 Å². The van der Waals surface area contributed by atoms with Gasteiger partial charge in [0.2, 0.25) is 0 Å². The second-order valence-corrected chi connectivity index (χ2v) is 3.99. The first-order valence-electron chi connectivity index (χ1n) is 4.64. The van der Waals surface area contributed by atoms with Crippen LogP contribution in [0.4, 0.5) is 0 Å². The van der Waals surface area contributed by atoms with Gasteiger partial charge in [-0.1, -0.05) is 35.3 Å². The quantitative estimate of drug-likeness (QED) is 0.719. The van der Waals surface area contributed by atoms with Crippen molar-refractivity contribution in [3.8, 4) is 0 Å².